The molecule has 0 amide bonds. The van der Waals surface area contributed by atoms with Crippen LogP contribution in [0.1, 0.15) is 11.1 Å². The molecule has 4 rings (SSSR count). The van der Waals surface area contributed by atoms with Gasteiger partial charge in [-0.3, -0.25) is 0 Å². The first-order chi connectivity index (χ1) is 12.0. The number of nitrogens with zero attached hydrogens (tertiary/aromatic N) is 5. The molecule has 0 atom stereocenters. The Morgan fingerprint density at radius 3 is 2.76 bits per heavy atom. The number of aryl methyl sites for hydroxylation is 1. The van der Waals surface area contributed by atoms with Gasteiger partial charge in [0, 0.05) is 5.69 Å². The van der Waals surface area contributed by atoms with Crippen LogP contribution in [0.15, 0.2) is 29.6 Å². The summed E-state index contributed by atoms with van der Waals surface area (Å²) in [6.07, 6.45) is 0. The molecule has 126 valence electrons. The normalized spacial score (nSPS) is 11.2. The van der Waals surface area contributed by atoms with Crippen LogP contribution in [0.25, 0.3) is 21.7 Å². The van der Waals surface area contributed by atoms with Crippen molar-refractivity contribution in [3.8, 4) is 16.3 Å². The summed E-state index contributed by atoms with van der Waals surface area (Å²) in [7, 11) is 0. The van der Waals surface area contributed by atoms with Crippen LogP contribution in [0.4, 0.5) is 11.6 Å². The van der Waals surface area contributed by atoms with Crippen molar-refractivity contribution in [3.05, 3.63) is 40.8 Å². The third-order valence-electron chi connectivity index (χ3n) is 3.91. The second-order valence-corrected chi connectivity index (χ2v) is 6.59. The third kappa shape index (κ3) is 2.64. The van der Waals surface area contributed by atoms with Crippen LogP contribution >= 0.6 is 11.3 Å². The highest BCUT2D eigenvalue weighted by atomic mass is 32.1. The summed E-state index contributed by atoms with van der Waals surface area (Å²) < 4.78 is 1.66. The lowest BCUT2D eigenvalue weighted by atomic mass is 10.1. The van der Waals surface area contributed by atoms with E-state index in [1.54, 1.807) is 16.1 Å². The Morgan fingerprint density at radius 1 is 1.20 bits per heavy atom. The second kappa shape index (κ2) is 5.71. The van der Waals surface area contributed by atoms with Gasteiger partial charge in [-0.25, -0.2) is 9.67 Å². The van der Waals surface area contributed by atoms with Gasteiger partial charge in [0.05, 0.1) is 11.4 Å². The largest absolute Gasteiger partial charge is 0.506 e. The summed E-state index contributed by atoms with van der Waals surface area (Å²) in [6, 6.07) is 7.40. The Hall–Kier alpha value is -3.20. The fourth-order valence-electron chi connectivity index (χ4n) is 2.63. The first-order valence-electron chi connectivity index (χ1n) is 7.51. The van der Waals surface area contributed by atoms with E-state index in [4.69, 9.17) is 11.5 Å². The molecule has 0 unspecified atom stereocenters. The molecule has 0 spiro atoms. The highest BCUT2D eigenvalue weighted by Gasteiger charge is 2.18. The van der Waals surface area contributed by atoms with E-state index in [1.165, 1.54) is 11.3 Å². The number of hydrogen-bond donors (Lipinski definition) is 3. The van der Waals surface area contributed by atoms with Gasteiger partial charge in [0.2, 0.25) is 5.95 Å². The smallest absolute Gasteiger partial charge is 0.222 e. The predicted octanol–water partition coefficient (Wildman–Crippen LogP) is 2.18. The van der Waals surface area contributed by atoms with Crippen molar-refractivity contribution >= 4 is 34.1 Å². The molecule has 5 N–H and O–H groups in total. The van der Waals surface area contributed by atoms with Gasteiger partial charge in [-0.1, -0.05) is 17.3 Å². The number of benzene rings is 1. The Balaban J connectivity index is 1.83. The van der Waals surface area contributed by atoms with Gasteiger partial charge < -0.3 is 16.6 Å². The Bertz CT molecular complexity index is 1090. The topological polar surface area (TPSA) is 129 Å². The minimum absolute atomic E-state index is 0.104. The van der Waals surface area contributed by atoms with Crippen molar-refractivity contribution in [1.82, 2.24) is 25.0 Å². The highest BCUT2D eigenvalue weighted by molar-refractivity contribution is 7.14. The lowest BCUT2D eigenvalue weighted by molar-refractivity contribution is 0.479. The van der Waals surface area contributed by atoms with E-state index in [1.807, 2.05) is 25.1 Å². The molecule has 9 heteroatoms. The van der Waals surface area contributed by atoms with E-state index in [9.17, 15) is 5.11 Å². The van der Waals surface area contributed by atoms with Crippen molar-refractivity contribution in [2.24, 2.45) is 0 Å². The molecule has 0 saturated heterocycles. The molecule has 3 heterocycles. The second-order valence-electron chi connectivity index (χ2n) is 5.68. The number of nitrogen functional groups attached to an aromatic ring is 2. The lowest BCUT2D eigenvalue weighted by Gasteiger charge is -2.06. The molecule has 0 fully saturated rings. The van der Waals surface area contributed by atoms with E-state index in [0.717, 1.165) is 16.8 Å². The SMILES string of the molecule is Cc1cc(Cn2nnc3c(-c4sccc4O)nc(N)nc32)ccc1N. The van der Waals surface area contributed by atoms with Crippen molar-refractivity contribution in [2.75, 3.05) is 11.5 Å². The fraction of sp³-hybridized carbons (Fsp3) is 0.125. The summed E-state index contributed by atoms with van der Waals surface area (Å²) in [5.41, 5.74) is 16.0. The average Bonchev–Trinajstić information content (AvgIpc) is 3.17. The van der Waals surface area contributed by atoms with Crippen molar-refractivity contribution < 1.29 is 5.11 Å². The zero-order valence-electron chi connectivity index (χ0n) is 13.3. The van der Waals surface area contributed by atoms with E-state index >= 15 is 0 Å². The van der Waals surface area contributed by atoms with Crippen molar-refractivity contribution in [3.63, 3.8) is 0 Å². The monoisotopic (exact) mass is 353 g/mol. The first-order valence-corrected chi connectivity index (χ1v) is 8.39. The zero-order valence-corrected chi connectivity index (χ0v) is 14.2. The lowest BCUT2D eigenvalue weighted by Crippen LogP contribution is -2.05. The average molecular weight is 353 g/mol. The summed E-state index contributed by atoms with van der Waals surface area (Å²) in [6.45, 7) is 2.43. The number of aromatic nitrogens is 5. The number of aromatic hydroxyl groups is 1. The molecule has 0 aliphatic heterocycles. The molecule has 0 saturated carbocycles. The van der Waals surface area contributed by atoms with Crippen LogP contribution in [0.3, 0.4) is 0 Å². The van der Waals surface area contributed by atoms with Crippen LogP contribution < -0.4 is 11.5 Å². The Kier molecular flexibility index (Phi) is 3.50. The van der Waals surface area contributed by atoms with Crippen LogP contribution in [0, 0.1) is 6.92 Å². The molecule has 25 heavy (non-hydrogen) atoms. The Labute approximate surface area is 146 Å². The van der Waals surface area contributed by atoms with Crippen LogP contribution in [-0.4, -0.2) is 30.1 Å². The molecule has 4 aromatic rings. The van der Waals surface area contributed by atoms with E-state index in [-0.39, 0.29) is 11.7 Å². The quantitative estimate of drug-likeness (QED) is 0.481. The number of hydrogen-bond acceptors (Lipinski definition) is 8. The van der Waals surface area contributed by atoms with Crippen LogP contribution in [0.5, 0.6) is 5.75 Å². The minimum atomic E-state index is 0.104. The molecule has 0 radical (unpaired) electrons. The summed E-state index contributed by atoms with van der Waals surface area (Å²) in [4.78, 5) is 9.10. The minimum Gasteiger partial charge on any atom is -0.506 e. The van der Waals surface area contributed by atoms with E-state index in [0.29, 0.717) is 28.3 Å². The molecule has 3 aromatic heterocycles. The van der Waals surface area contributed by atoms with Crippen molar-refractivity contribution in [2.45, 2.75) is 13.5 Å². The van der Waals surface area contributed by atoms with Crippen LogP contribution in [0.2, 0.25) is 0 Å². The van der Waals surface area contributed by atoms with E-state index < -0.39 is 0 Å². The predicted molar refractivity (Wildman–Crippen MR) is 97.2 cm³/mol. The van der Waals surface area contributed by atoms with Gasteiger partial charge in [-0.05, 0) is 35.6 Å². The number of rotatable bonds is 3. The summed E-state index contributed by atoms with van der Waals surface area (Å²) in [5.74, 6) is 0.237. The summed E-state index contributed by atoms with van der Waals surface area (Å²) >= 11 is 1.36. The molecular formula is C16H15N7OS. The molecule has 0 aliphatic carbocycles. The third-order valence-corrected chi connectivity index (χ3v) is 4.82. The van der Waals surface area contributed by atoms with Gasteiger partial charge >= 0.3 is 0 Å². The molecule has 0 aliphatic rings. The number of thiophene rings is 1. The van der Waals surface area contributed by atoms with Gasteiger partial charge in [0.15, 0.2) is 11.2 Å². The number of fused-ring (bicyclic) bond motifs is 1. The maximum atomic E-state index is 10.00. The standard InChI is InChI=1S/C16H15N7OS/c1-8-6-9(2-3-10(8)17)7-23-15-13(21-22-23)12(19-16(18)20-15)14-11(24)4-5-25-14/h2-6,24H,7,17H2,1H3,(H2,18,19,20). The molecular weight excluding hydrogens is 338 g/mol. The maximum Gasteiger partial charge on any atom is 0.222 e. The zero-order chi connectivity index (χ0) is 17.6. The number of anilines is 2. The van der Waals surface area contributed by atoms with Gasteiger partial charge in [0.25, 0.3) is 0 Å². The van der Waals surface area contributed by atoms with Gasteiger partial charge in [-0.15, -0.1) is 16.4 Å². The highest BCUT2D eigenvalue weighted by Crippen LogP contribution is 2.36. The summed E-state index contributed by atoms with van der Waals surface area (Å²) in [5, 5.41) is 20.1. The van der Waals surface area contributed by atoms with Gasteiger partial charge in [-0.2, -0.15) is 4.98 Å². The molecule has 0 bridgehead atoms. The number of nitrogens with two attached hydrogens (primary N) is 2. The first kappa shape index (κ1) is 15.3. The Morgan fingerprint density at radius 2 is 2.04 bits per heavy atom. The van der Waals surface area contributed by atoms with Gasteiger partial charge in [0.1, 0.15) is 11.4 Å². The van der Waals surface area contributed by atoms with Crippen molar-refractivity contribution in [1.29, 1.82) is 0 Å². The molecule has 1 aromatic carbocycles. The van der Waals surface area contributed by atoms with Crippen LogP contribution in [-0.2, 0) is 6.54 Å². The van der Waals surface area contributed by atoms with E-state index in [2.05, 4.69) is 20.3 Å². The molecule has 8 nitrogen and oxygen atoms in total. The fourth-order valence-corrected chi connectivity index (χ4v) is 3.40. The maximum absolute atomic E-state index is 10.00.